The summed E-state index contributed by atoms with van der Waals surface area (Å²) in [7, 11) is 0. The van der Waals surface area contributed by atoms with Crippen molar-refractivity contribution in [2.24, 2.45) is 5.92 Å². The summed E-state index contributed by atoms with van der Waals surface area (Å²) in [6, 6.07) is 21.5. The Morgan fingerprint density at radius 1 is 1.07 bits per heavy atom. The van der Waals surface area contributed by atoms with Gasteiger partial charge in [-0.2, -0.15) is 0 Å². The second-order valence-electron chi connectivity index (χ2n) is 7.44. The largest absolute Gasteiger partial charge is 0.466 e. The third kappa shape index (κ3) is 4.98. The van der Waals surface area contributed by atoms with Crippen LogP contribution in [0.25, 0.3) is 0 Å². The third-order valence-electron chi connectivity index (χ3n) is 5.72. The van der Waals surface area contributed by atoms with E-state index >= 15 is 0 Å². The van der Waals surface area contributed by atoms with E-state index in [1.807, 2.05) is 25.1 Å². The maximum atomic E-state index is 12.9. The van der Waals surface area contributed by atoms with E-state index in [4.69, 9.17) is 4.74 Å². The summed E-state index contributed by atoms with van der Waals surface area (Å²) >= 11 is 0. The molecule has 1 aliphatic rings. The number of nitrogens with zero attached hydrogens (tertiary/aromatic N) is 1. The number of carbonyl (C=O) groups is 1. The molecule has 0 unspecified atom stereocenters. The average molecular weight is 366 g/mol. The molecule has 0 aliphatic carbocycles. The summed E-state index contributed by atoms with van der Waals surface area (Å²) in [4.78, 5) is 15.4. The zero-order chi connectivity index (χ0) is 19.1. The predicted molar refractivity (Wildman–Crippen MR) is 109 cm³/mol. The summed E-state index contributed by atoms with van der Waals surface area (Å²) in [5.74, 6) is -0.183. The minimum atomic E-state index is -0.126. The fraction of sp³-hybridized carbons (Fsp3) is 0.458. The third-order valence-corrected chi connectivity index (χ3v) is 5.72. The molecule has 1 saturated heterocycles. The van der Waals surface area contributed by atoms with Gasteiger partial charge in [0.2, 0.25) is 0 Å². The normalized spacial score (nSPS) is 20.0. The molecule has 27 heavy (non-hydrogen) atoms. The van der Waals surface area contributed by atoms with Crippen molar-refractivity contribution < 1.29 is 9.53 Å². The Balaban J connectivity index is 1.86. The van der Waals surface area contributed by atoms with Crippen molar-refractivity contribution in [3.63, 3.8) is 0 Å². The Morgan fingerprint density at radius 3 is 2.41 bits per heavy atom. The fourth-order valence-electron chi connectivity index (χ4n) is 4.31. The van der Waals surface area contributed by atoms with E-state index < -0.39 is 0 Å². The predicted octanol–water partition coefficient (Wildman–Crippen LogP) is 5.02. The summed E-state index contributed by atoms with van der Waals surface area (Å²) in [5.41, 5.74) is 2.51. The summed E-state index contributed by atoms with van der Waals surface area (Å²) in [5, 5.41) is 0. The van der Waals surface area contributed by atoms with Gasteiger partial charge in [-0.1, -0.05) is 67.1 Å². The SMILES string of the molecule is CCOC(=O)[C@H](Cc1ccccc1)[C@H]1CCCCN1[C@@H](C)c1ccccc1. The lowest BCUT2D eigenvalue weighted by molar-refractivity contribution is -0.151. The molecule has 1 aliphatic heterocycles. The maximum absolute atomic E-state index is 12.9. The molecule has 1 fully saturated rings. The standard InChI is InChI=1S/C24H31NO2/c1-3-27-24(26)22(18-20-12-6-4-7-13-20)23-16-10-11-17-25(23)19(2)21-14-8-5-9-15-21/h4-9,12-15,19,22-23H,3,10-11,16-18H2,1-2H3/t19-,22+,23+/m0/s1. The summed E-state index contributed by atoms with van der Waals surface area (Å²) < 4.78 is 5.50. The van der Waals surface area contributed by atoms with Crippen LogP contribution in [0.1, 0.15) is 50.3 Å². The van der Waals surface area contributed by atoms with Crippen molar-refractivity contribution in [1.29, 1.82) is 0 Å². The molecule has 0 radical (unpaired) electrons. The summed E-state index contributed by atoms with van der Waals surface area (Å²) in [6.07, 6.45) is 4.15. The zero-order valence-corrected chi connectivity index (χ0v) is 16.5. The van der Waals surface area contributed by atoms with Crippen molar-refractivity contribution in [2.75, 3.05) is 13.2 Å². The van der Waals surface area contributed by atoms with Crippen LogP contribution in [-0.4, -0.2) is 30.1 Å². The van der Waals surface area contributed by atoms with E-state index in [0.717, 1.165) is 19.4 Å². The van der Waals surface area contributed by atoms with Gasteiger partial charge in [0, 0.05) is 12.1 Å². The molecule has 3 nitrogen and oxygen atoms in total. The van der Waals surface area contributed by atoms with Gasteiger partial charge in [-0.05, 0) is 50.8 Å². The number of ether oxygens (including phenoxy) is 1. The van der Waals surface area contributed by atoms with Crippen LogP contribution < -0.4 is 0 Å². The molecule has 2 aromatic carbocycles. The molecule has 144 valence electrons. The van der Waals surface area contributed by atoms with E-state index in [0.29, 0.717) is 12.6 Å². The zero-order valence-electron chi connectivity index (χ0n) is 16.5. The number of rotatable bonds is 7. The fourth-order valence-corrected chi connectivity index (χ4v) is 4.31. The van der Waals surface area contributed by atoms with Gasteiger partial charge < -0.3 is 4.74 Å². The van der Waals surface area contributed by atoms with Gasteiger partial charge in [-0.15, -0.1) is 0 Å². The lowest BCUT2D eigenvalue weighted by Crippen LogP contribution is -2.48. The Kier molecular flexibility index (Phi) is 7.05. The number of piperidine rings is 1. The molecular formula is C24H31NO2. The number of carbonyl (C=O) groups excluding carboxylic acids is 1. The molecule has 0 saturated carbocycles. The van der Waals surface area contributed by atoms with Crippen molar-refractivity contribution in [3.8, 4) is 0 Å². The number of hydrogen-bond donors (Lipinski definition) is 0. The minimum absolute atomic E-state index is 0.0569. The molecule has 3 heteroatoms. The average Bonchev–Trinajstić information content (AvgIpc) is 2.73. The number of hydrogen-bond acceptors (Lipinski definition) is 3. The van der Waals surface area contributed by atoms with Crippen LogP contribution in [-0.2, 0) is 16.0 Å². The first kappa shape index (κ1) is 19.6. The maximum Gasteiger partial charge on any atom is 0.310 e. The van der Waals surface area contributed by atoms with Crippen LogP contribution in [0, 0.1) is 5.92 Å². The van der Waals surface area contributed by atoms with Crippen LogP contribution in [0.5, 0.6) is 0 Å². The van der Waals surface area contributed by atoms with E-state index in [-0.39, 0.29) is 17.9 Å². The van der Waals surface area contributed by atoms with Crippen molar-refractivity contribution in [3.05, 3.63) is 71.8 Å². The highest BCUT2D eigenvalue weighted by Crippen LogP contribution is 2.33. The first-order valence-electron chi connectivity index (χ1n) is 10.2. The minimum Gasteiger partial charge on any atom is -0.466 e. The molecule has 3 rings (SSSR count). The van der Waals surface area contributed by atoms with Gasteiger partial charge in [0.15, 0.2) is 0 Å². The lowest BCUT2D eigenvalue weighted by Gasteiger charge is -2.43. The van der Waals surface area contributed by atoms with Crippen LogP contribution in [0.15, 0.2) is 60.7 Å². The van der Waals surface area contributed by atoms with Gasteiger partial charge >= 0.3 is 5.97 Å². The van der Waals surface area contributed by atoms with Crippen LogP contribution in [0.4, 0.5) is 0 Å². The Hall–Kier alpha value is -2.13. The molecule has 0 bridgehead atoms. The first-order chi connectivity index (χ1) is 13.2. The van der Waals surface area contributed by atoms with Crippen LogP contribution in [0.2, 0.25) is 0 Å². The Bertz CT molecular complexity index is 701. The van der Waals surface area contributed by atoms with Gasteiger partial charge in [0.05, 0.1) is 12.5 Å². The first-order valence-corrected chi connectivity index (χ1v) is 10.2. The number of benzene rings is 2. The lowest BCUT2D eigenvalue weighted by atomic mass is 9.84. The smallest absolute Gasteiger partial charge is 0.310 e. The molecule has 0 spiro atoms. The van der Waals surface area contributed by atoms with Crippen molar-refractivity contribution in [1.82, 2.24) is 4.90 Å². The van der Waals surface area contributed by atoms with Crippen molar-refractivity contribution >= 4 is 5.97 Å². The highest BCUT2D eigenvalue weighted by Gasteiger charge is 2.37. The monoisotopic (exact) mass is 365 g/mol. The Labute approximate surface area is 163 Å². The molecule has 0 aromatic heterocycles. The van der Waals surface area contributed by atoms with E-state index in [9.17, 15) is 4.79 Å². The second kappa shape index (κ2) is 9.70. The molecule has 0 N–H and O–H groups in total. The molecular weight excluding hydrogens is 334 g/mol. The van der Waals surface area contributed by atoms with Crippen LogP contribution >= 0.6 is 0 Å². The second-order valence-corrected chi connectivity index (χ2v) is 7.44. The van der Waals surface area contributed by atoms with E-state index in [1.54, 1.807) is 0 Å². The van der Waals surface area contributed by atoms with Gasteiger partial charge in [0.1, 0.15) is 0 Å². The molecule has 0 amide bonds. The van der Waals surface area contributed by atoms with Gasteiger partial charge in [-0.3, -0.25) is 9.69 Å². The van der Waals surface area contributed by atoms with E-state index in [1.165, 1.54) is 24.0 Å². The van der Waals surface area contributed by atoms with Gasteiger partial charge in [-0.25, -0.2) is 0 Å². The highest BCUT2D eigenvalue weighted by molar-refractivity contribution is 5.73. The Morgan fingerprint density at radius 2 is 1.74 bits per heavy atom. The van der Waals surface area contributed by atoms with Gasteiger partial charge in [0.25, 0.3) is 0 Å². The molecule has 3 atom stereocenters. The van der Waals surface area contributed by atoms with Crippen molar-refractivity contribution in [2.45, 2.75) is 51.6 Å². The highest BCUT2D eigenvalue weighted by atomic mass is 16.5. The molecule has 2 aromatic rings. The topological polar surface area (TPSA) is 29.5 Å². The number of likely N-dealkylation sites (tertiary alicyclic amines) is 1. The van der Waals surface area contributed by atoms with Crippen LogP contribution in [0.3, 0.4) is 0 Å². The van der Waals surface area contributed by atoms with E-state index in [2.05, 4.69) is 54.3 Å². The number of esters is 1. The summed E-state index contributed by atoms with van der Waals surface area (Å²) in [6.45, 7) is 5.62. The molecule has 1 heterocycles. The quantitative estimate of drug-likeness (QED) is 0.645.